The highest BCUT2D eigenvalue weighted by atomic mass is 15.0. The standard InChI is InChI=1S/C55H37N5/c1-5-15-38(16-6-1)40-27-31-42(32-28-40)50-37-51(57-52(56-50)43-19-9-3-10-20-43)48-25-13-23-46(35-48)41-29-33-45(34-30-41)54-58-53(44-21-11-4-12-22-44)59-55(60-54)49-26-14-24-47(36-49)39-17-7-2-8-18-39/h1-37H. The molecule has 0 atom stereocenters. The molecule has 5 heteroatoms. The molecule has 0 fully saturated rings. The van der Waals surface area contributed by atoms with Crippen LogP contribution < -0.4 is 0 Å². The van der Waals surface area contributed by atoms with Crippen LogP contribution >= 0.6 is 0 Å². The highest BCUT2D eigenvalue weighted by Gasteiger charge is 2.15. The summed E-state index contributed by atoms with van der Waals surface area (Å²) < 4.78 is 0. The van der Waals surface area contributed by atoms with Gasteiger partial charge in [0, 0.05) is 33.4 Å². The van der Waals surface area contributed by atoms with Crippen LogP contribution in [0.2, 0.25) is 0 Å². The minimum Gasteiger partial charge on any atom is -0.228 e. The van der Waals surface area contributed by atoms with Gasteiger partial charge in [-0.1, -0.05) is 206 Å². The maximum Gasteiger partial charge on any atom is 0.164 e. The van der Waals surface area contributed by atoms with E-state index in [0.717, 1.165) is 72.6 Å². The van der Waals surface area contributed by atoms with E-state index in [1.807, 2.05) is 60.7 Å². The van der Waals surface area contributed by atoms with Crippen molar-refractivity contribution in [1.82, 2.24) is 24.9 Å². The molecule has 60 heavy (non-hydrogen) atoms. The van der Waals surface area contributed by atoms with Crippen LogP contribution in [0.25, 0.3) is 101 Å². The van der Waals surface area contributed by atoms with Crippen LogP contribution in [0.1, 0.15) is 0 Å². The van der Waals surface area contributed by atoms with Crippen molar-refractivity contribution in [1.29, 1.82) is 0 Å². The molecule has 10 rings (SSSR count). The van der Waals surface area contributed by atoms with Crippen molar-refractivity contribution >= 4 is 0 Å². The van der Waals surface area contributed by atoms with Gasteiger partial charge in [-0.15, -0.1) is 0 Å². The van der Waals surface area contributed by atoms with Gasteiger partial charge in [0.2, 0.25) is 0 Å². The Labute approximate surface area is 349 Å². The van der Waals surface area contributed by atoms with Crippen LogP contribution in [0.5, 0.6) is 0 Å². The molecule has 10 aromatic rings. The third kappa shape index (κ3) is 7.76. The molecular formula is C55H37N5. The lowest BCUT2D eigenvalue weighted by Gasteiger charge is -2.12. The summed E-state index contributed by atoms with van der Waals surface area (Å²) in [6.45, 7) is 0. The smallest absolute Gasteiger partial charge is 0.164 e. The highest BCUT2D eigenvalue weighted by molar-refractivity contribution is 5.78. The molecule has 8 aromatic carbocycles. The molecule has 0 aliphatic rings. The molecule has 2 heterocycles. The van der Waals surface area contributed by atoms with Crippen LogP contribution in [0.3, 0.4) is 0 Å². The van der Waals surface area contributed by atoms with E-state index in [2.05, 4.69) is 164 Å². The van der Waals surface area contributed by atoms with Gasteiger partial charge < -0.3 is 0 Å². The topological polar surface area (TPSA) is 64.5 Å². The number of hydrogen-bond acceptors (Lipinski definition) is 5. The zero-order chi connectivity index (χ0) is 40.1. The lowest BCUT2D eigenvalue weighted by Crippen LogP contribution is -2.00. The number of benzene rings is 8. The largest absolute Gasteiger partial charge is 0.228 e. The maximum absolute atomic E-state index is 5.11. The van der Waals surface area contributed by atoms with Gasteiger partial charge in [0.25, 0.3) is 0 Å². The van der Waals surface area contributed by atoms with Crippen LogP contribution in [0.4, 0.5) is 0 Å². The first-order valence-electron chi connectivity index (χ1n) is 20.0. The van der Waals surface area contributed by atoms with Crippen molar-refractivity contribution in [3.63, 3.8) is 0 Å². The maximum atomic E-state index is 5.11. The summed E-state index contributed by atoms with van der Waals surface area (Å²) in [5.41, 5.74) is 14.2. The number of rotatable bonds is 9. The molecule has 2 aromatic heterocycles. The van der Waals surface area contributed by atoms with E-state index in [0.29, 0.717) is 23.3 Å². The minimum absolute atomic E-state index is 0.614. The van der Waals surface area contributed by atoms with Gasteiger partial charge in [0.1, 0.15) is 0 Å². The predicted molar refractivity (Wildman–Crippen MR) is 244 cm³/mol. The fraction of sp³-hybridized carbons (Fsp3) is 0. The molecule has 0 amide bonds. The Morgan fingerprint density at radius 1 is 0.167 bits per heavy atom. The Morgan fingerprint density at radius 3 is 0.967 bits per heavy atom. The first kappa shape index (κ1) is 36.2. The first-order valence-corrected chi connectivity index (χ1v) is 20.0. The van der Waals surface area contributed by atoms with Gasteiger partial charge in [-0.05, 0) is 51.6 Å². The van der Waals surface area contributed by atoms with E-state index in [1.54, 1.807) is 0 Å². The number of aromatic nitrogens is 5. The third-order valence-corrected chi connectivity index (χ3v) is 10.6. The molecular weight excluding hydrogens is 731 g/mol. The van der Waals surface area contributed by atoms with E-state index in [-0.39, 0.29) is 0 Å². The number of nitrogens with zero attached hydrogens (tertiary/aromatic N) is 5. The van der Waals surface area contributed by atoms with Crippen molar-refractivity contribution in [3.05, 3.63) is 224 Å². The van der Waals surface area contributed by atoms with Crippen molar-refractivity contribution in [2.75, 3.05) is 0 Å². The monoisotopic (exact) mass is 767 g/mol. The predicted octanol–water partition coefficient (Wildman–Crippen LogP) is 13.7. The van der Waals surface area contributed by atoms with Gasteiger partial charge in [0.15, 0.2) is 23.3 Å². The van der Waals surface area contributed by atoms with Crippen molar-refractivity contribution in [2.45, 2.75) is 0 Å². The SMILES string of the molecule is c1ccc(-c2ccc(-c3cc(-c4cccc(-c5ccc(-c6nc(-c7ccccc7)nc(-c7cccc(-c8ccccc8)c7)n6)cc5)c4)nc(-c4ccccc4)n3)cc2)cc1. The molecule has 0 unspecified atom stereocenters. The second kappa shape index (κ2) is 16.4. The molecule has 0 aliphatic carbocycles. The van der Waals surface area contributed by atoms with Gasteiger partial charge in [0.05, 0.1) is 11.4 Å². The summed E-state index contributed by atoms with van der Waals surface area (Å²) >= 11 is 0. The quantitative estimate of drug-likeness (QED) is 0.146. The molecule has 0 bridgehead atoms. The van der Waals surface area contributed by atoms with Gasteiger partial charge in [-0.2, -0.15) is 0 Å². The lowest BCUT2D eigenvalue weighted by molar-refractivity contribution is 1.07. The summed E-state index contributed by atoms with van der Waals surface area (Å²) in [4.78, 5) is 25.2. The zero-order valence-corrected chi connectivity index (χ0v) is 32.6. The Morgan fingerprint density at radius 2 is 0.450 bits per heavy atom. The Kier molecular flexibility index (Phi) is 9.88. The van der Waals surface area contributed by atoms with Crippen molar-refractivity contribution in [3.8, 4) is 101 Å². The summed E-state index contributed by atoms with van der Waals surface area (Å²) in [5.74, 6) is 2.55. The van der Waals surface area contributed by atoms with E-state index in [9.17, 15) is 0 Å². The van der Waals surface area contributed by atoms with Crippen molar-refractivity contribution in [2.24, 2.45) is 0 Å². The Bertz CT molecular complexity index is 3040. The molecule has 0 aliphatic heterocycles. The average molecular weight is 768 g/mol. The van der Waals surface area contributed by atoms with Gasteiger partial charge in [-0.3, -0.25) is 0 Å². The molecule has 282 valence electrons. The Balaban J connectivity index is 0.992. The fourth-order valence-corrected chi connectivity index (χ4v) is 7.41. The Hall–Kier alpha value is -8.15. The van der Waals surface area contributed by atoms with E-state index < -0.39 is 0 Å². The first-order chi connectivity index (χ1) is 29.7. The average Bonchev–Trinajstić information content (AvgIpc) is 3.35. The molecule has 0 saturated heterocycles. The van der Waals surface area contributed by atoms with Crippen LogP contribution in [0.15, 0.2) is 224 Å². The second-order valence-electron chi connectivity index (χ2n) is 14.5. The summed E-state index contributed by atoms with van der Waals surface area (Å²) in [5, 5.41) is 0. The zero-order valence-electron chi connectivity index (χ0n) is 32.6. The molecule has 0 N–H and O–H groups in total. The van der Waals surface area contributed by atoms with Gasteiger partial charge >= 0.3 is 0 Å². The fourth-order valence-electron chi connectivity index (χ4n) is 7.41. The van der Waals surface area contributed by atoms with E-state index in [4.69, 9.17) is 24.9 Å². The molecule has 0 radical (unpaired) electrons. The minimum atomic E-state index is 0.614. The van der Waals surface area contributed by atoms with Crippen molar-refractivity contribution < 1.29 is 0 Å². The second-order valence-corrected chi connectivity index (χ2v) is 14.5. The van der Waals surface area contributed by atoms with Crippen LogP contribution in [-0.2, 0) is 0 Å². The van der Waals surface area contributed by atoms with Gasteiger partial charge in [-0.25, -0.2) is 24.9 Å². The number of hydrogen-bond donors (Lipinski definition) is 0. The van der Waals surface area contributed by atoms with E-state index >= 15 is 0 Å². The summed E-state index contributed by atoms with van der Waals surface area (Å²) in [6.07, 6.45) is 0. The third-order valence-electron chi connectivity index (χ3n) is 10.6. The van der Waals surface area contributed by atoms with Crippen LogP contribution in [0, 0.1) is 0 Å². The molecule has 5 nitrogen and oxygen atoms in total. The highest BCUT2D eigenvalue weighted by Crippen LogP contribution is 2.33. The lowest BCUT2D eigenvalue weighted by atomic mass is 9.99. The molecule has 0 saturated carbocycles. The van der Waals surface area contributed by atoms with Crippen LogP contribution in [-0.4, -0.2) is 24.9 Å². The normalized spacial score (nSPS) is 11.0. The molecule has 0 spiro atoms. The summed E-state index contributed by atoms with van der Waals surface area (Å²) in [7, 11) is 0. The summed E-state index contributed by atoms with van der Waals surface area (Å²) in [6, 6.07) is 77.0. The van der Waals surface area contributed by atoms with E-state index in [1.165, 1.54) is 5.56 Å².